The summed E-state index contributed by atoms with van der Waals surface area (Å²) < 4.78 is 16.4. The van der Waals surface area contributed by atoms with Gasteiger partial charge in [0.25, 0.3) is 0 Å². The fourth-order valence-electron chi connectivity index (χ4n) is 6.37. The van der Waals surface area contributed by atoms with E-state index in [0.717, 1.165) is 81.4 Å². The Bertz CT molecular complexity index is 1760. The van der Waals surface area contributed by atoms with Crippen molar-refractivity contribution in [2.24, 2.45) is 0 Å². The van der Waals surface area contributed by atoms with Crippen LogP contribution in [0.5, 0.6) is 5.75 Å². The van der Waals surface area contributed by atoms with E-state index in [1.807, 2.05) is 34.9 Å². The number of aromatic nitrogens is 3. The third kappa shape index (κ3) is 5.77. The number of nitrogens with zero attached hydrogens (tertiary/aromatic N) is 4. The average molecular weight is 581 g/mol. The summed E-state index contributed by atoms with van der Waals surface area (Å²) in [5.74, 6) is -0.0379. The number of benzene rings is 3. The molecule has 5 aromatic rings. The van der Waals surface area contributed by atoms with Gasteiger partial charge in [-0.25, -0.2) is 4.79 Å². The number of ether oxygens (including phenoxy) is 2. The number of aromatic carboxylic acids is 1. The largest absolute Gasteiger partial charge is 0.493 e. The predicted molar refractivity (Wildman–Crippen MR) is 170 cm³/mol. The zero-order valence-corrected chi connectivity index (χ0v) is 25.3. The topological polar surface area (TPSA) is 81.8 Å². The smallest absolute Gasteiger partial charge is 0.352 e. The summed E-state index contributed by atoms with van der Waals surface area (Å²) >= 11 is 0. The van der Waals surface area contributed by atoms with Crippen LogP contribution in [0.25, 0.3) is 32.8 Å². The van der Waals surface area contributed by atoms with Crippen molar-refractivity contribution in [2.75, 3.05) is 33.9 Å². The molecule has 0 saturated heterocycles. The first-order valence-corrected chi connectivity index (χ1v) is 15.2. The van der Waals surface area contributed by atoms with Gasteiger partial charge >= 0.3 is 5.97 Å². The van der Waals surface area contributed by atoms with Crippen LogP contribution in [0.2, 0.25) is 0 Å². The van der Waals surface area contributed by atoms with Crippen LogP contribution in [0.4, 0.5) is 0 Å². The Labute approximate surface area is 252 Å². The molecule has 0 bridgehead atoms. The number of carbonyl (C=O) groups is 1. The van der Waals surface area contributed by atoms with Crippen LogP contribution in [0.1, 0.15) is 46.7 Å². The molecule has 0 unspecified atom stereocenters. The molecule has 8 heteroatoms. The molecule has 224 valence electrons. The monoisotopic (exact) mass is 580 g/mol. The Hall–Kier alpha value is -4.14. The maximum absolute atomic E-state index is 12.9. The third-order valence-corrected chi connectivity index (χ3v) is 8.43. The molecule has 0 aliphatic carbocycles. The molecule has 3 aromatic carbocycles. The van der Waals surface area contributed by atoms with Gasteiger partial charge in [0.1, 0.15) is 11.4 Å². The van der Waals surface area contributed by atoms with E-state index in [1.54, 1.807) is 0 Å². The van der Waals surface area contributed by atoms with Crippen LogP contribution >= 0.6 is 0 Å². The normalized spacial score (nSPS) is 13.8. The highest BCUT2D eigenvalue weighted by Crippen LogP contribution is 2.39. The molecule has 0 saturated carbocycles. The van der Waals surface area contributed by atoms with E-state index in [0.29, 0.717) is 44.9 Å². The molecule has 3 heterocycles. The van der Waals surface area contributed by atoms with E-state index in [2.05, 4.69) is 60.9 Å². The molecular formula is C35H40N4O4. The molecule has 1 aliphatic rings. The van der Waals surface area contributed by atoms with Crippen LogP contribution in [-0.2, 0) is 30.9 Å². The van der Waals surface area contributed by atoms with E-state index < -0.39 is 5.97 Å². The minimum atomic E-state index is -0.892. The fraction of sp³-hybridized carbons (Fsp3) is 0.371. The molecule has 2 aromatic heterocycles. The SMILES string of the molecule is Cc1c2c(nn1CCN(C)C)COCCCCn1c(C(=O)O)c(CCCOc3cccc4ccccc34)c3cccc-2c31. The van der Waals surface area contributed by atoms with Gasteiger partial charge < -0.3 is 24.0 Å². The van der Waals surface area contributed by atoms with Crippen molar-refractivity contribution in [3.63, 3.8) is 0 Å². The van der Waals surface area contributed by atoms with Crippen LogP contribution in [0.15, 0.2) is 60.7 Å². The van der Waals surface area contributed by atoms with Gasteiger partial charge in [0.15, 0.2) is 0 Å². The van der Waals surface area contributed by atoms with Crippen molar-refractivity contribution in [1.29, 1.82) is 0 Å². The fourth-order valence-corrected chi connectivity index (χ4v) is 6.37. The molecule has 0 atom stereocenters. The molecule has 0 radical (unpaired) electrons. The van der Waals surface area contributed by atoms with Crippen molar-refractivity contribution < 1.29 is 19.4 Å². The summed E-state index contributed by atoms with van der Waals surface area (Å²) in [4.78, 5) is 15.0. The second-order valence-corrected chi connectivity index (χ2v) is 11.6. The van der Waals surface area contributed by atoms with Crippen LogP contribution < -0.4 is 4.74 Å². The number of likely N-dealkylation sites (N-methyl/N-ethyl adjacent to an activating group) is 1. The highest BCUT2D eigenvalue weighted by molar-refractivity contribution is 6.04. The number of para-hydroxylation sites is 1. The lowest BCUT2D eigenvalue weighted by Gasteiger charge is -2.13. The molecule has 6 rings (SSSR count). The number of hydrogen-bond acceptors (Lipinski definition) is 5. The second kappa shape index (κ2) is 12.6. The summed E-state index contributed by atoms with van der Waals surface area (Å²) in [6.07, 6.45) is 3.00. The Morgan fingerprint density at radius 2 is 1.84 bits per heavy atom. The number of carboxylic acids is 1. The van der Waals surface area contributed by atoms with E-state index in [-0.39, 0.29) is 0 Å². The Morgan fingerprint density at radius 3 is 2.67 bits per heavy atom. The van der Waals surface area contributed by atoms with E-state index in [1.165, 1.54) is 0 Å². The molecule has 1 aliphatic heterocycles. The van der Waals surface area contributed by atoms with Crippen molar-refractivity contribution in [3.05, 3.63) is 83.3 Å². The van der Waals surface area contributed by atoms with Crippen molar-refractivity contribution in [2.45, 2.75) is 52.3 Å². The highest BCUT2D eigenvalue weighted by Gasteiger charge is 2.27. The molecular weight excluding hydrogens is 540 g/mol. The molecule has 1 N–H and O–H groups in total. The number of rotatable bonds is 9. The third-order valence-electron chi connectivity index (χ3n) is 8.43. The van der Waals surface area contributed by atoms with Crippen LogP contribution in [0.3, 0.4) is 0 Å². The minimum Gasteiger partial charge on any atom is -0.493 e. The van der Waals surface area contributed by atoms with Crippen molar-refractivity contribution >= 4 is 27.6 Å². The Balaban J connectivity index is 1.39. The Kier molecular flexibility index (Phi) is 8.49. The van der Waals surface area contributed by atoms with Crippen molar-refractivity contribution in [3.8, 4) is 16.9 Å². The first-order valence-electron chi connectivity index (χ1n) is 15.2. The van der Waals surface area contributed by atoms with E-state index >= 15 is 0 Å². The number of carboxylic acid groups (broad SMARTS) is 1. The average Bonchev–Trinajstić information content (AvgIpc) is 3.48. The van der Waals surface area contributed by atoms with Crippen LogP contribution in [-0.4, -0.2) is 64.2 Å². The molecule has 0 fully saturated rings. The second-order valence-electron chi connectivity index (χ2n) is 11.6. The van der Waals surface area contributed by atoms with Crippen LogP contribution in [0, 0.1) is 6.92 Å². The molecule has 43 heavy (non-hydrogen) atoms. The van der Waals surface area contributed by atoms with Gasteiger partial charge in [-0.3, -0.25) is 4.68 Å². The lowest BCUT2D eigenvalue weighted by atomic mass is 9.98. The molecule has 8 nitrogen and oxygen atoms in total. The quantitative estimate of drug-likeness (QED) is 0.199. The number of fused-ring (bicyclic) bond motifs is 3. The number of aryl methyl sites for hydroxylation is 2. The van der Waals surface area contributed by atoms with E-state index in [4.69, 9.17) is 14.6 Å². The van der Waals surface area contributed by atoms with Gasteiger partial charge in [0.05, 0.1) is 31.0 Å². The summed E-state index contributed by atoms with van der Waals surface area (Å²) in [7, 11) is 4.12. The van der Waals surface area contributed by atoms with Gasteiger partial charge in [-0.15, -0.1) is 0 Å². The number of hydrogen-bond donors (Lipinski definition) is 1. The van der Waals surface area contributed by atoms with Gasteiger partial charge in [-0.1, -0.05) is 54.6 Å². The predicted octanol–water partition coefficient (Wildman–Crippen LogP) is 6.55. The maximum atomic E-state index is 12.9. The summed E-state index contributed by atoms with van der Waals surface area (Å²) in [6, 6.07) is 20.5. The zero-order valence-electron chi connectivity index (χ0n) is 25.3. The lowest BCUT2D eigenvalue weighted by molar-refractivity contribution is 0.0683. The highest BCUT2D eigenvalue weighted by atomic mass is 16.5. The van der Waals surface area contributed by atoms with Gasteiger partial charge in [-0.05, 0) is 63.7 Å². The maximum Gasteiger partial charge on any atom is 0.352 e. The van der Waals surface area contributed by atoms with Gasteiger partial charge in [0.2, 0.25) is 0 Å². The molecule has 0 spiro atoms. The first kappa shape index (κ1) is 29.0. The minimum absolute atomic E-state index is 0.381. The lowest BCUT2D eigenvalue weighted by Crippen LogP contribution is -2.19. The van der Waals surface area contributed by atoms with Gasteiger partial charge in [-0.2, -0.15) is 5.10 Å². The standard InChI is InChI=1S/C35H40N4O4/c1-24-32-29-15-9-14-27-28(16-10-22-43-31-17-8-12-25-11-4-5-13-26(25)31)34(35(40)41)38(33(27)29)18-6-7-21-42-23-30(32)36-39(24)20-19-37(2)3/h4-5,8-9,11-15,17H,6-7,10,16,18-23H2,1-3H3,(H,40,41). The van der Waals surface area contributed by atoms with E-state index in [9.17, 15) is 9.90 Å². The Morgan fingerprint density at radius 1 is 1.05 bits per heavy atom. The summed E-state index contributed by atoms with van der Waals surface area (Å²) in [6.45, 7) is 5.92. The molecule has 0 amide bonds. The zero-order chi connectivity index (χ0) is 29.9. The van der Waals surface area contributed by atoms with Gasteiger partial charge in [0, 0.05) is 47.3 Å². The summed E-state index contributed by atoms with van der Waals surface area (Å²) in [5, 5.41) is 18.8. The summed E-state index contributed by atoms with van der Waals surface area (Å²) in [5.41, 5.74) is 6.27. The van der Waals surface area contributed by atoms with Crippen molar-refractivity contribution in [1.82, 2.24) is 19.2 Å². The first-order chi connectivity index (χ1) is 20.9.